The second-order valence-electron chi connectivity index (χ2n) is 7.01. The Labute approximate surface area is 174 Å². The van der Waals surface area contributed by atoms with Crippen molar-refractivity contribution in [1.29, 1.82) is 0 Å². The molecule has 2 nitrogen and oxygen atoms in total. The lowest BCUT2D eigenvalue weighted by Gasteiger charge is -2.19. The minimum atomic E-state index is -4.89. The van der Waals surface area contributed by atoms with E-state index in [0.29, 0.717) is 25.2 Å². The van der Waals surface area contributed by atoms with Crippen LogP contribution in [0.4, 0.5) is 30.7 Å². The summed E-state index contributed by atoms with van der Waals surface area (Å²) in [6.07, 6.45) is -9.78. The van der Waals surface area contributed by atoms with Crippen LogP contribution in [-0.2, 0) is 23.7 Å². The largest absolute Gasteiger partial charge is 0.416 e. The Kier molecular flexibility index (Phi) is 7.76. The van der Waals surface area contributed by atoms with Crippen LogP contribution >= 0.6 is 12.4 Å². The van der Waals surface area contributed by atoms with E-state index in [-0.39, 0.29) is 54.9 Å². The SMILES string of the molecule is Cl.Fc1ccc(C2CNCC2COCc2cc(C(F)(F)F)cc(C(F)(F)F)c2)cc1. The third-order valence-electron chi connectivity index (χ3n) is 4.89. The zero-order valence-electron chi connectivity index (χ0n) is 15.5. The number of hydrogen-bond donors (Lipinski definition) is 1. The van der Waals surface area contributed by atoms with Gasteiger partial charge in [-0.3, -0.25) is 0 Å². The lowest BCUT2D eigenvalue weighted by Crippen LogP contribution is -2.18. The molecule has 0 radical (unpaired) electrons. The molecular weight excluding hydrogens is 439 g/mol. The summed E-state index contributed by atoms with van der Waals surface area (Å²) in [6, 6.07) is 7.42. The quantitative estimate of drug-likeness (QED) is 0.573. The molecule has 0 saturated carbocycles. The molecule has 166 valence electrons. The second-order valence-corrected chi connectivity index (χ2v) is 7.01. The van der Waals surface area contributed by atoms with Gasteiger partial charge in [0, 0.05) is 24.9 Å². The van der Waals surface area contributed by atoms with E-state index in [9.17, 15) is 30.7 Å². The molecule has 1 fully saturated rings. The minimum absolute atomic E-state index is 0. The average molecular weight is 458 g/mol. The van der Waals surface area contributed by atoms with E-state index in [4.69, 9.17) is 4.74 Å². The predicted octanol–water partition coefficient (Wildman–Crippen LogP) is 5.80. The van der Waals surface area contributed by atoms with Gasteiger partial charge < -0.3 is 10.1 Å². The zero-order chi connectivity index (χ0) is 21.2. The standard InChI is InChI=1S/C20H18F7NO.ClH/c21-17-3-1-13(2-4-17)18-9-28-8-14(18)11-29-10-12-5-15(19(22,23)24)7-16(6-12)20(25,26)27;/h1-7,14,18,28H,8-11H2;1H. The van der Waals surface area contributed by atoms with Crippen molar-refractivity contribution in [2.24, 2.45) is 5.92 Å². The Morgan fingerprint density at radius 3 is 1.97 bits per heavy atom. The lowest BCUT2D eigenvalue weighted by atomic mass is 9.89. The van der Waals surface area contributed by atoms with Crippen LogP contribution < -0.4 is 5.32 Å². The summed E-state index contributed by atoms with van der Waals surface area (Å²) in [6.45, 7) is 0.978. The number of rotatable bonds is 5. The van der Waals surface area contributed by atoms with Gasteiger partial charge in [0.2, 0.25) is 0 Å². The Morgan fingerprint density at radius 1 is 0.867 bits per heavy atom. The number of hydrogen-bond acceptors (Lipinski definition) is 2. The maximum atomic E-state index is 13.1. The van der Waals surface area contributed by atoms with Gasteiger partial charge in [-0.1, -0.05) is 12.1 Å². The number of ether oxygens (including phenoxy) is 1. The number of halogens is 8. The number of benzene rings is 2. The van der Waals surface area contributed by atoms with Crippen molar-refractivity contribution >= 4 is 12.4 Å². The minimum Gasteiger partial charge on any atom is -0.376 e. The van der Waals surface area contributed by atoms with Crippen molar-refractivity contribution in [3.05, 3.63) is 70.5 Å². The van der Waals surface area contributed by atoms with Gasteiger partial charge in [0.1, 0.15) is 5.82 Å². The fourth-order valence-corrected chi connectivity index (χ4v) is 3.44. The van der Waals surface area contributed by atoms with Crippen LogP contribution in [0.1, 0.15) is 28.2 Å². The van der Waals surface area contributed by atoms with Gasteiger partial charge in [-0.2, -0.15) is 26.3 Å². The molecule has 1 saturated heterocycles. The highest BCUT2D eigenvalue weighted by Gasteiger charge is 2.37. The van der Waals surface area contributed by atoms with Gasteiger partial charge in [-0.05, 0) is 41.5 Å². The Morgan fingerprint density at radius 2 is 1.43 bits per heavy atom. The highest BCUT2D eigenvalue weighted by molar-refractivity contribution is 5.85. The molecule has 0 aromatic heterocycles. The van der Waals surface area contributed by atoms with Crippen molar-refractivity contribution in [2.45, 2.75) is 24.9 Å². The molecule has 2 aromatic rings. The normalized spacial score (nSPS) is 19.6. The smallest absolute Gasteiger partial charge is 0.376 e. The molecule has 30 heavy (non-hydrogen) atoms. The molecule has 0 spiro atoms. The Hall–Kier alpha value is -1.84. The zero-order valence-corrected chi connectivity index (χ0v) is 16.3. The first-order valence-electron chi connectivity index (χ1n) is 8.86. The molecule has 0 amide bonds. The van der Waals surface area contributed by atoms with Crippen molar-refractivity contribution < 1.29 is 35.5 Å². The van der Waals surface area contributed by atoms with E-state index in [1.54, 1.807) is 12.1 Å². The first-order valence-corrected chi connectivity index (χ1v) is 8.86. The summed E-state index contributed by atoms with van der Waals surface area (Å²) >= 11 is 0. The maximum absolute atomic E-state index is 13.1. The van der Waals surface area contributed by atoms with Crippen molar-refractivity contribution in [3.8, 4) is 0 Å². The molecule has 1 N–H and O–H groups in total. The Balaban J connectivity index is 0.00000320. The topological polar surface area (TPSA) is 21.3 Å². The summed E-state index contributed by atoms with van der Waals surface area (Å²) in [7, 11) is 0. The van der Waals surface area contributed by atoms with E-state index in [0.717, 1.165) is 5.56 Å². The number of alkyl halides is 6. The molecule has 1 heterocycles. The molecule has 1 aliphatic rings. The highest BCUT2D eigenvalue weighted by atomic mass is 35.5. The fraction of sp³-hybridized carbons (Fsp3) is 0.400. The third kappa shape index (κ3) is 6.09. The van der Waals surface area contributed by atoms with E-state index < -0.39 is 23.5 Å². The summed E-state index contributed by atoms with van der Waals surface area (Å²) in [4.78, 5) is 0. The summed E-state index contributed by atoms with van der Waals surface area (Å²) in [5.41, 5.74) is -2.03. The molecule has 2 aromatic carbocycles. The summed E-state index contributed by atoms with van der Waals surface area (Å²) in [5.74, 6) is -0.381. The van der Waals surface area contributed by atoms with Crippen LogP contribution in [0, 0.1) is 11.7 Å². The molecule has 3 rings (SSSR count). The monoisotopic (exact) mass is 457 g/mol. The molecule has 2 unspecified atom stereocenters. The maximum Gasteiger partial charge on any atom is 0.416 e. The van der Waals surface area contributed by atoms with Crippen molar-refractivity contribution in [2.75, 3.05) is 19.7 Å². The van der Waals surface area contributed by atoms with Crippen LogP contribution in [0.3, 0.4) is 0 Å². The number of nitrogens with one attached hydrogen (secondary N) is 1. The van der Waals surface area contributed by atoms with Crippen LogP contribution in [0.5, 0.6) is 0 Å². The summed E-state index contributed by atoms with van der Waals surface area (Å²) in [5, 5.41) is 3.17. The lowest BCUT2D eigenvalue weighted by molar-refractivity contribution is -0.143. The molecule has 2 atom stereocenters. The third-order valence-corrected chi connectivity index (χ3v) is 4.89. The van der Waals surface area contributed by atoms with Gasteiger partial charge >= 0.3 is 12.4 Å². The van der Waals surface area contributed by atoms with Crippen molar-refractivity contribution in [1.82, 2.24) is 5.32 Å². The molecule has 0 aliphatic carbocycles. The molecule has 1 aliphatic heterocycles. The first-order chi connectivity index (χ1) is 13.5. The van der Waals surface area contributed by atoms with E-state index >= 15 is 0 Å². The Bertz CT molecular complexity index is 804. The fourth-order valence-electron chi connectivity index (χ4n) is 3.44. The second kappa shape index (κ2) is 9.53. The van der Waals surface area contributed by atoms with E-state index in [1.807, 2.05) is 0 Å². The van der Waals surface area contributed by atoms with Gasteiger partial charge in [-0.25, -0.2) is 4.39 Å². The molecule has 0 bridgehead atoms. The van der Waals surface area contributed by atoms with E-state index in [1.165, 1.54) is 12.1 Å². The van der Waals surface area contributed by atoms with E-state index in [2.05, 4.69) is 5.32 Å². The van der Waals surface area contributed by atoms with Gasteiger partial charge in [-0.15, -0.1) is 12.4 Å². The van der Waals surface area contributed by atoms with Crippen LogP contribution in [0.15, 0.2) is 42.5 Å². The predicted molar refractivity (Wildman–Crippen MR) is 98.9 cm³/mol. The van der Waals surface area contributed by atoms with Gasteiger partial charge in [0.15, 0.2) is 0 Å². The molecule has 10 heteroatoms. The highest BCUT2D eigenvalue weighted by Crippen LogP contribution is 2.36. The summed E-state index contributed by atoms with van der Waals surface area (Å²) < 4.78 is 96.1. The molecular formula is C20H19ClF7NO. The van der Waals surface area contributed by atoms with Crippen LogP contribution in [0.2, 0.25) is 0 Å². The van der Waals surface area contributed by atoms with Crippen LogP contribution in [-0.4, -0.2) is 19.7 Å². The first kappa shape index (κ1) is 24.4. The average Bonchev–Trinajstić information content (AvgIpc) is 3.09. The van der Waals surface area contributed by atoms with Crippen molar-refractivity contribution in [3.63, 3.8) is 0 Å². The van der Waals surface area contributed by atoms with Gasteiger partial charge in [0.25, 0.3) is 0 Å². The van der Waals surface area contributed by atoms with Crippen LogP contribution in [0.25, 0.3) is 0 Å². The van der Waals surface area contributed by atoms with Gasteiger partial charge in [0.05, 0.1) is 24.3 Å².